The maximum absolute atomic E-state index is 11.2. The molecule has 7 heteroatoms. The molecule has 0 bridgehead atoms. The van der Waals surface area contributed by atoms with Gasteiger partial charge in [-0.05, 0) is 39.8 Å². The van der Waals surface area contributed by atoms with Crippen molar-refractivity contribution in [2.24, 2.45) is 0 Å². The van der Waals surface area contributed by atoms with Crippen molar-refractivity contribution in [1.82, 2.24) is 0 Å². The molecule has 0 rings (SSSR count). The lowest BCUT2D eigenvalue weighted by Gasteiger charge is -2.29. The van der Waals surface area contributed by atoms with Crippen LogP contribution >= 0.6 is 0 Å². The van der Waals surface area contributed by atoms with E-state index >= 15 is 0 Å². The largest absolute Gasteiger partial charge is 0.462 e. The minimum atomic E-state index is -1.37. The first-order chi connectivity index (χ1) is 10.3. The van der Waals surface area contributed by atoms with E-state index in [1.54, 1.807) is 13.8 Å². The summed E-state index contributed by atoms with van der Waals surface area (Å²) in [6, 6.07) is 0.896. The molecule has 1 unspecified atom stereocenters. The topological polar surface area (TPSA) is 63.2 Å². The number of ether oxygens (including phenoxy) is 4. The van der Waals surface area contributed by atoms with Crippen molar-refractivity contribution in [2.75, 3.05) is 26.6 Å². The Morgan fingerprint density at radius 2 is 1.77 bits per heavy atom. The summed E-state index contributed by atoms with van der Waals surface area (Å²) in [5.74, 6) is -1.41. The Kier molecular flexibility index (Phi) is 11.4. The van der Waals surface area contributed by atoms with E-state index in [1.807, 2.05) is 13.8 Å². The lowest BCUT2D eigenvalue weighted by atomic mass is 10.4. The summed E-state index contributed by atoms with van der Waals surface area (Å²) in [6.45, 7) is 14.2. The van der Waals surface area contributed by atoms with Gasteiger partial charge in [0.2, 0.25) is 0 Å². The Morgan fingerprint density at radius 1 is 1.18 bits per heavy atom. The standard InChI is InChI=1S/C15H30O6Si/c1-7-18-15(5,19-8-2)20-12-21-22(6)11-9-10-17-14(16)13(3)4/h22H,3,7-12H2,1-2,4-6H3. The van der Waals surface area contributed by atoms with Crippen LogP contribution < -0.4 is 0 Å². The zero-order valence-electron chi connectivity index (χ0n) is 14.5. The Balaban J connectivity index is 3.82. The molecule has 0 aromatic carbocycles. The van der Waals surface area contributed by atoms with Gasteiger partial charge < -0.3 is 23.4 Å². The normalized spacial score (nSPS) is 13.0. The molecule has 0 fully saturated rings. The van der Waals surface area contributed by atoms with E-state index in [1.165, 1.54) is 0 Å². The molecule has 130 valence electrons. The Bertz CT molecular complexity index is 328. The molecule has 0 radical (unpaired) electrons. The van der Waals surface area contributed by atoms with Gasteiger partial charge in [-0.15, -0.1) is 0 Å². The third-order valence-corrected chi connectivity index (χ3v) is 4.75. The summed E-state index contributed by atoms with van der Waals surface area (Å²) in [7, 11) is -1.37. The van der Waals surface area contributed by atoms with Crippen LogP contribution in [0.5, 0.6) is 0 Å². The van der Waals surface area contributed by atoms with Crippen LogP contribution in [-0.4, -0.2) is 47.6 Å². The van der Waals surface area contributed by atoms with E-state index < -0.39 is 15.0 Å². The second-order valence-electron chi connectivity index (χ2n) is 5.03. The monoisotopic (exact) mass is 334 g/mol. The number of hydrogen-bond donors (Lipinski definition) is 0. The molecule has 6 nitrogen and oxygen atoms in total. The molecular weight excluding hydrogens is 304 g/mol. The van der Waals surface area contributed by atoms with E-state index in [-0.39, 0.29) is 12.8 Å². The molecule has 0 aliphatic carbocycles. The molecule has 22 heavy (non-hydrogen) atoms. The van der Waals surface area contributed by atoms with Gasteiger partial charge in [-0.2, -0.15) is 0 Å². The SMILES string of the molecule is C=C(C)C(=O)OCCC[SiH](C)OCOC(C)(OCC)OCC. The van der Waals surface area contributed by atoms with Crippen LogP contribution in [0.2, 0.25) is 12.6 Å². The highest BCUT2D eigenvalue weighted by Gasteiger charge is 2.26. The zero-order valence-corrected chi connectivity index (χ0v) is 15.6. The molecule has 0 saturated heterocycles. The molecule has 0 aliphatic heterocycles. The fourth-order valence-electron chi connectivity index (χ4n) is 1.65. The molecule has 0 aromatic heterocycles. The second kappa shape index (κ2) is 11.8. The summed E-state index contributed by atoms with van der Waals surface area (Å²) in [4.78, 5) is 11.2. The van der Waals surface area contributed by atoms with Gasteiger partial charge in [0, 0.05) is 25.7 Å². The molecule has 1 atom stereocenters. The predicted molar refractivity (Wildman–Crippen MR) is 86.9 cm³/mol. The van der Waals surface area contributed by atoms with Crippen molar-refractivity contribution >= 4 is 15.0 Å². The predicted octanol–water partition coefficient (Wildman–Crippen LogP) is 2.59. The molecule has 0 N–H and O–H groups in total. The van der Waals surface area contributed by atoms with Gasteiger partial charge in [-0.1, -0.05) is 6.58 Å². The first-order valence-electron chi connectivity index (χ1n) is 7.70. The highest BCUT2D eigenvalue weighted by Crippen LogP contribution is 2.15. The van der Waals surface area contributed by atoms with Crippen molar-refractivity contribution < 1.29 is 28.2 Å². The maximum atomic E-state index is 11.2. The number of carbonyl (C=O) groups is 1. The Morgan fingerprint density at radius 3 is 2.27 bits per heavy atom. The third kappa shape index (κ3) is 10.1. The van der Waals surface area contributed by atoms with Gasteiger partial charge in [-0.3, -0.25) is 0 Å². The van der Waals surface area contributed by atoms with E-state index in [0.717, 1.165) is 12.5 Å². The minimum absolute atomic E-state index is 0.134. The Hall–Kier alpha value is -0.733. The minimum Gasteiger partial charge on any atom is -0.462 e. The van der Waals surface area contributed by atoms with Crippen LogP contribution in [0.3, 0.4) is 0 Å². The molecular formula is C15H30O6Si. The van der Waals surface area contributed by atoms with Gasteiger partial charge in [0.15, 0.2) is 9.04 Å². The third-order valence-electron chi connectivity index (χ3n) is 2.82. The fourth-order valence-corrected chi connectivity index (χ4v) is 2.86. The van der Waals surface area contributed by atoms with E-state index in [0.29, 0.717) is 25.4 Å². The van der Waals surface area contributed by atoms with Gasteiger partial charge in [-0.25, -0.2) is 4.79 Å². The van der Waals surface area contributed by atoms with E-state index in [9.17, 15) is 4.79 Å². The van der Waals surface area contributed by atoms with Crippen molar-refractivity contribution in [2.45, 2.75) is 52.7 Å². The maximum Gasteiger partial charge on any atom is 0.333 e. The van der Waals surface area contributed by atoms with E-state index in [2.05, 4.69) is 13.1 Å². The summed E-state index contributed by atoms with van der Waals surface area (Å²) in [5, 5.41) is 0. The summed E-state index contributed by atoms with van der Waals surface area (Å²) < 4.78 is 27.1. The second-order valence-corrected chi connectivity index (χ2v) is 7.56. The lowest BCUT2D eigenvalue weighted by Crippen LogP contribution is -2.37. The van der Waals surface area contributed by atoms with E-state index in [4.69, 9.17) is 23.4 Å². The van der Waals surface area contributed by atoms with Gasteiger partial charge in [0.05, 0.1) is 6.61 Å². The van der Waals surface area contributed by atoms with Crippen LogP contribution in [0.15, 0.2) is 12.2 Å². The van der Waals surface area contributed by atoms with Crippen LogP contribution in [0.25, 0.3) is 0 Å². The summed E-state index contributed by atoms with van der Waals surface area (Å²) in [6.07, 6.45) is 0.778. The molecule has 0 amide bonds. The number of hydrogen-bond acceptors (Lipinski definition) is 6. The first-order valence-corrected chi connectivity index (χ1v) is 10.1. The smallest absolute Gasteiger partial charge is 0.333 e. The average Bonchev–Trinajstić information content (AvgIpc) is 2.43. The molecule has 0 aliphatic rings. The van der Waals surface area contributed by atoms with Crippen molar-refractivity contribution in [3.63, 3.8) is 0 Å². The Labute approximate surface area is 135 Å². The summed E-state index contributed by atoms with van der Waals surface area (Å²) >= 11 is 0. The van der Waals surface area contributed by atoms with Crippen LogP contribution in [-0.2, 0) is 28.2 Å². The number of carbonyl (C=O) groups excluding carboxylic acids is 1. The van der Waals surface area contributed by atoms with Gasteiger partial charge >= 0.3 is 5.97 Å². The molecule has 0 saturated carbocycles. The van der Waals surface area contributed by atoms with Crippen molar-refractivity contribution in [1.29, 1.82) is 0 Å². The van der Waals surface area contributed by atoms with Gasteiger partial charge in [0.25, 0.3) is 5.97 Å². The number of rotatable bonds is 13. The quantitative estimate of drug-likeness (QED) is 0.170. The van der Waals surface area contributed by atoms with Crippen molar-refractivity contribution in [3.05, 3.63) is 12.2 Å². The highest BCUT2D eigenvalue weighted by molar-refractivity contribution is 6.50. The zero-order chi connectivity index (χ0) is 17.0. The van der Waals surface area contributed by atoms with Crippen LogP contribution in [0.1, 0.15) is 34.1 Å². The lowest BCUT2D eigenvalue weighted by molar-refractivity contribution is -0.380. The summed E-state index contributed by atoms with van der Waals surface area (Å²) in [5.41, 5.74) is 0.418. The van der Waals surface area contributed by atoms with Gasteiger partial charge in [0.1, 0.15) is 6.79 Å². The highest BCUT2D eigenvalue weighted by atomic mass is 28.3. The molecule has 0 aromatic rings. The average molecular weight is 334 g/mol. The molecule has 0 spiro atoms. The van der Waals surface area contributed by atoms with Crippen LogP contribution in [0, 0.1) is 0 Å². The number of esters is 1. The van der Waals surface area contributed by atoms with Crippen molar-refractivity contribution in [3.8, 4) is 0 Å². The fraction of sp³-hybridized carbons (Fsp3) is 0.800. The molecule has 0 heterocycles. The first kappa shape index (κ1) is 21.3. The van der Waals surface area contributed by atoms with Crippen LogP contribution in [0.4, 0.5) is 0 Å².